The summed E-state index contributed by atoms with van der Waals surface area (Å²) >= 11 is 7.29. The Balaban J connectivity index is 2.44. The lowest BCUT2D eigenvalue weighted by Gasteiger charge is -2.05. The van der Waals surface area contributed by atoms with Crippen LogP contribution in [0.4, 0.5) is 5.69 Å². The average Bonchev–Trinajstić information content (AvgIpc) is 2.38. The van der Waals surface area contributed by atoms with E-state index in [1.165, 1.54) is 6.07 Å². The molecular weight excluding hydrogens is 272 g/mol. The third kappa shape index (κ3) is 2.73. The number of nitro groups is 1. The fraction of sp³-hybridized carbons (Fsp3) is 0.250. The van der Waals surface area contributed by atoms with Crippen molar-refractivity contribution in [1.29, 1.82) is 0 Å². The minimum absolute atomic E-state index is 0.0484. The summed E-state index contributed by atoms with van der Waals surface area (Å²) in [7, 11) is 0. The number of rotatable bonds is 5. The van der Waals surface area contributed by atoms with Gasteiger partial charge in [0.05, 0.1) is 4.92 Å². The van der Waals surface area contributed by atoms with Gasteiger partial charge in [-0.15, -0.1) is 23.4 Å². The van der Waals surface area contributed by atoms with Crippen LogP contribution in [0.5, 0.6) is 0 Å². The van der Waals surface area contributed by atoms with Crippen LogP contribution in [-0.2, 0) is 0 Å². The Hall–Kier alpha value is -1.33. The van der Waals surface area contributed by atoms with E-state index in [4.69, 9.17) is 11.6 Å². The van der Waals surface area contributed by atoms with E-state index < -0.39 is 4.92 Å². The van der Waals surface area contributed by atoms with E-state index >= 15 is 0 Å². The number of halogens is 1. The van der Waals surface area contributed by atoms with E-state index in [0.717, 1.165) is 22.5 Å². The van der Waals surface area contributed by atoms with E-state index in [2.05, 4.69) is 4.98 Å². The van der Waals surface area contributed by atoms with Gasteiger partial charge in [0.15, 0.2) is 0 Å². The predicted molar refractivity (Wildman–Crippen MR) is 74.5 cm³/mol. The number of hydrogen-bond donors (Lipinski definition) is 0. The lowest BCUT2D eigenvalue weighted by atomic mass is 10.2. The molecule has 0 N–H and O–H groups in total. The van der Waals surface area contributed by atoms with Crippen LogP contribution in [0.15, 0.2) is 35.4 Å². The smallest absolute Gasteiger partial charge is 0.258 e. The topological polar surface area (TPSA) is 56.0 Å². The molecule has 1 aromatic carbocycles. The Morgan fingerprint density at radius 2 is 2.22 bits per heavy atom. The van der Waals surface area contributed by atoms with Gasteiger partial charge in [-0.2, -0.15) is 0 Å². The molecule has 0 unspecified atom stereocenters. The highest BCUT2D eigenvalue weighted by Crippen LogP contribution is 2.32. The zero-order chi connectivity index (χ0) is 13.0. The summed E-state index contributed by atoms with van der Waals surface area (Å²) in [5, 5.41) is 11.8. The number of thioether (sulfide) groups is 1. The van der Waals surface area contributed by atoms with Gasteiger partial charge in [0.25, 0.3) is 5.69 Å². The number of pyridine rings is 1. The van der Waals surface area contributed by atoms with Gasteiger partial charge in [-0.05, 0) is 30.4 Å². The summed E-state index contributed by atoms with van der Waals surface area (Å²) in [4.78, 5) is 15.6. The fourth-order valence-electron chi connectivity index (χ4n) is 1.64. The molecule has 6 heteroatoms. The lowest BCUT2D eigenvalue weighted by Crippen LogP contribution is -1.92. The van der Waals surface area contributed by atoms with Crippen LogP contribution in [-0.4, -0.2) is 21.5 Å². The molecule has 0 amide bonds. The van der Waals surface area contributed by atoms with Gasteiger partial charge in [0, 0.05) is 28.4 Å². The maximum absolute atomic E-state index is 10.9. The van der Waals surface area contributed by atoms with Crippen molar-refractivity contribution in [2.24, 2.45) is 0 Å². The molecule has 0 saturated heterocycles. The number of fused-ring (bicyclic) bond motifs is 1. The Bertz CT molecular complexity index is 577. The third-order valence-corrected chi connectivity index (χ3v) is 3.87. The van der Waals surface area contributed by atoms with Crippen molar-refractivity contribution >= 4 is 40.0 Å². The van der Waals surface area contributed by atoms with E-state index in [0.29, 0.717) is 11.4 Å². The van der Waals surface area contributed by atoms with E-state index in [9.17, 15) is 10.1 Å². The molecule has 0 aliphatic heterocycles. The van der Waals surface area contributed by atoms with Gasteiger partial charge in [-0.25, -0.2) is 4.98 Å². The van der Waals surface area contributed by atoms with Gasteiger partial charge in [0.1, 0.15) is 5.52 Å². The van der Waals surface area contributed by atoms with Crippen LogP contribution < -0.4 is 0 Å². The molecule has 0 fully saturated rings. The second-order valence-corrected chi connectivity index (χ2v) is 5.15. The number of nitrogens with zero attached hydrogens (tertiary/aromatic N) is 2. The molecule has 0 bridgehead atoms. The molecule has 0 radical (unpaired) electrons. The third-order valence-electron chi connectivity index (χ3n) is 2.44. The van der Waals surface area contributed by atoms with Gasteiger partial charge < -0.3 is 0 Å². The van der Waals surface area contributed by atoms with Crippen molar-refractivity contribution in [3.05, 3.63) is 40.6 Å². The lowest BCUT2D eigenvalue weighted by molar-refractivity contribution is -0.383. The fourth-order valence-corrected chi connectivity index (χ4v) is 2.93. The zero-order valence-electron chi connectivity index (χ0n) is 9.51. The van der Waals surface area contributed by atoms with Crippen LogP contribution in [0.3, 0.4) is 0 Å². The van der Waals surface area contributed by atoms with Crippen LogP contribution in [0.1, 0.15) is 6.42 Å². The first-order valence-corrected chi connectivity index (χ1v) is 6.97. The van der Waals surface area contributed by atoms with E-state index in [1.807, 2.05) is 6.07 Å². The molecular formula is C12H11ClN2O2S. The van der Waals surface area contributed by atoms with Crippen molar-refractivity contribution in [3.8, 4) is 0 Å². The number of aromatic nitrogens is 1. The minimum Gasteiger partial charge on any atom is -0.258 e. The van der Waals surface area contributed by atoms with Crippen LogP contribution in [0, 0.1) is 10.1 Å². The molecule has 4 nitrogen and oxygen atoms in total. The number of nitro benzene ring substituents is 1. The maximum atomic E-state index is 10.9. The Labute approximate surface area is 114 Å². The molecule has 18 heavy (non-hydrogen) atoms. The molecule has 2 rings (SSSR count). The number of alkyl halides is 1. The van der Waals surface area contributed by atoms with Crippen LogP contribution in [0.2, 0.25) is 0 Å². The van der Waals surface area contributed by atoms with Gasteiger partial charge in [0.2, 0.25) is 0 Å². The van der Waals surface area contributed by atoms with Crippen molar-refractivity contribution in [2.75, 3.05) is 11.6 Å². The first-order valence-electron chi connectivity index (χ1n) is 5.45. The molecule has 0 saturated carbocycles. The molecule has 0 atom stereocenters. The Morgan fingerprint density at radius 1 is 1.39 bits per heavy atom. The Kier molecular flexibility index (Phi) is 4.38. The number of non-ortho nitro benzene ring substituents is 1. The number of hydrogen-bond acceptors (Lipinski definition) is 4. The van der Waals surface area contributed by atoms with Gasteiger partial charge >= 0.3 is 0 Å². The Morgan fingerprint density at radius 3 is 2.94 bits per heavy atom. The molecule has 2 aromatic rings. The average molecular weight is 283 g/mol. The zero-order valence-corrected chi connectivity index (χ0v) is 11.1. The summed E-state index contributed by atoms with van der Waals surface area (Å²) in [6.45, 7) is 0. The molecule has 94 valence electrons. The molecule has 0 aliphatic rings. The van der Waals surface area contributed by atoms with Crippen LogP contribution in [0.25, 0.3) is 10.9 Å². The van der Waals surface area contributed by atoms with Gasteiger partial charge in [-0.1, -0.05) is 0 Å². The second-order valence-electron chi connectivity index (χ2n) is 3.63. The molecule has 1 aromatic heterocycles. The highest BCUT2D eigenvalue weighted by molar-refractivity contribution is 7.99. The van der Waals surface area contributed by atoms with Crippen molar-refractivity contribution in [1.82, 2.24) is 4.98 Å². The quantitative estimate of drug-likeness (QED) is 0.275. The maximum Gasteiger partial charge on any atom is 0.295 e. The SMILES string of the molecule is O=[N+]([O-])c1ccc(SCCCCl)c2cccnc12. The molecule has 0 aliphatic carbocycles. The summed E-state index contributed by atoms with van der Waals surface area (Å²) in [5.74, 6) is 1.52. The first kappa shape index (κ1) is 13.1. The summed E-state index contributed by atoms with van der Waals surface area (Å²) in [6.07, 6.45) is 2.48. The number of benzene rings is 1. The van der Waals surface area contributed by atoms with Crippen molar-refractivity contribution < 1.29 is 4.92 Å². The predicted octanol–water partition coefficient (Wildman–Crippen LogP) is 3.86. The van der Waals surface area contributed by atoms with Gasteiger partial charge in [-0.3, -0.25) is 10.1 Å². The summed E-state index contributed by atoms with van der Waals surface area (Å²) in [6, 6.07) is 6.94. The highest BCUT2D eigenvalue weighted by atomic mass is 35.5. The van der Waals surface area contributed by atoms with Crippen LogP contribution >= 0.6 is 23.4 Å². The first-order chi connectivity index (χ1) is 8.74. The molecule has 0 spiro atoms. The van der Waals surface area contributed by atoms with E-state index in [-0.39, 0.29) is 5.69 Å². The van der Waals surface area contributed by atoms with Crippen molar-refractivity contribution in [3.63, 3.8) is 0 Å². The minimum atomic E-state index is -0.400. The normalized spacial score (nSPS) is 10.7. The second kappa shape index (κ2) is 6.02. The molecule has 1 heterocycles. The monoisotopic (exact) mass is 282 g/mol. The standard InChI is InChI=1S/C12H11ClN2O2S/c13-6-2-8-18-11-5-4-10(15(16)17)12-9(11)3-1-7-14-12/h1,3-5,7H,2,6,8H2. The van der Waals surface area contributed by atoms with E-state index in [1.54, 1.807) is 30.1 Å². The highest BCUT2D eigenvalue weighted by Gasteiger charge is 2.15. The summed E-state index contributed by atoms with van der Waals surface area (Å²) < 4.78 is 0. The largest absolute Gasteiger partial charge is 0.295 e. The van der Waals surface area contributed by atoms with Crippen molar-refractivity contribution in [2.45, 2.75) is 11.3 Å². The summed E-state index contributed by atoms with van der Waals surface area (Å²) in [5.41, 5.74) is 0.491.